The van der Waals surface area contributed by atoms with Crippen molar-refractivity contribution in [3.8, 4) is 0 Å². The Morgan fingerprint density at radius 2 is 2.11 bits per heavy atom. The fourth-order valence-corrected chi connectivity index (χ4v) is 1.25. The summed E-state index contributed by atoms with van der Waals surface area (Å²) in [4.78, 5) is 15.8. The Morgan fingerprint density at radius 1 is 1.44 bits per heavy atom. The highest BCUT2D eigenvalue weighted by atomic mass is 19.1. The molecule has 0 aliphatic heterocycles. The Hall–Kier alpha value is -1.66. The minimum absolute atomic E-state index is 0.0292. The lowest BCUT2D eigenvalue weighted by Crippen LogP contribution is -2.27. The van der Waals surface area contributed by atoms with E-state index < -0.39 is 17.5 Å². The van der Waals surface area contributed by atoms with Crippen molar-refractivity contribution < 1.29 is 18.8 Å². The molecule has 0 bridgehead atoms. The molecule has 0 aromatic heterocycles. The maximum Gasteiger partial charge on any atom is 0.412 e. The minimum Gasteiger partial charge on any atom is -0.444 e. The molecule has 0 saturated heterocycles. The number of nitrogens with two attached hydrogens (primary N) is 1. The Bertz CT molecular complexity index is 430. The zero-order valence-electron chi connectivity index (χ0n) is 10.6. The maximum absolute atomic E-state index is 13.5. The van der Waals surface area contributed by atoms with Crippen molar-refractivity contribution in [1.82, 2.24) is 0 Å². The number of nitrogens with one attached hydrogen (secondary N) is 1. The average molecular weight is 256 g/mol. The normalized spacial score (nSPS) is 11.2. The van der Waals surface area contributed by atoms with Crippen LogP contribution in [0.15, 0.2) is 18.2 Å². The third-order valence-corrected chi connectivity index (χ3v) is 1.94. The van der Waals surface area contributed by atoms with E-state index in [1.807, 2.05) is 0 Å². The van der Waals surface area contributed by atoms with E-state index in [1.54, 1.807) is 26.8 Å². The Kier molecular flexibility index (Phi) is 4.63. The van der Waals surface area contributed by atoms with E-state index in [1.165, 1.54) is 12.1 Å². The number of hydrogen-bond donors (Lipinski definition) is 2. The topological polar surface area (TPSA) is 73.6 Å². The van der Waals surface area contributed by atoms with Gasteiger partial charge in [-0.1, -0.05) is 6.07 Å². The number of halogens is 1. The molecule has 18 heavy (non-hydrogen) atoms. The van der Waals surface area contributed by atoms with Gasteiger partial charge >= 0.3 is 6.09 Å². The summed E-state index contributed by atoms with van der Waals surface area (Å²) in [5.74, 6) is 4.36. The molecule has 0 saturated carbocycles. The highest BCUT2D eigenvalue weighted by molar-refractivity contribution is 5.84. The predicted molar refractivity (Wildman–Crippen MR) is 65.2 cm³/mol. The van der Waals surface area contributed by atoms with Gasteiger partial charge in [0.2, 0.25) is 0 Å². The first-order valence-corrected chi connectivity index (χ1v) is 5.42. The zero-order valence-corrected chi connectivity index (χ0v) is 10.6. The van der Waals surface area contributed by atoms with Crippen LogP contribution in [-0.4, -0.2) is 11.7 Å². The first-order valence-electron chi connectivity index (χ1n) is 5.42. The van der Waals surface area contributed by atoms with E-state index in [4.69, 9.17) is 10.6 Å². The van der Waals surface area contributed by atoms with Crippen LogP contribution in [0.4, 0.5) is 14.9 Å². The first kappa shape index (κ1) is 14.4. The summed E-state index contributed by atoms with van der Waals surface area (Å²) < 4.78 is 18.5. The van der Waals surface area contributed by atoms with Gasteiger partial charge in [0.15, 0.2) is 0 Å². The SMILES string of the molecule is CC(C)(C)OC(=O)Nc1ccc(CON)c(F)c1. The van der Waals surface area contributed by atoms with Gasteiger partial charge < -0.3 is 4.74 Å². The molecule has 100 valence electrons. The summed E-state index contributed by atoms with van der Waals surface area (Å²) in [6, 6.07) is 4.20. The number of carbonyl (C=O) groups is 1. The van der Waals surface area contributed by atoms with Crippen molar-refractivity contribution in [2.75, 3.05) is 5.32 Å². The van der Waals surface area contributed by atoms with Crippen molar-refractivity contribution in [3.05, 3.63) is 29.6 Å². The van der Waals surface area contributed by atoms with E-state index in [2.05, 4.69) is 10.2 Å². The van der Waals surface area contributed by atoms with E-state index in [-0.39, 0.29) is 6.61 Å². The van der Waals surface area contributed by atoms with Crippen molar-refractivity contribution in [2.24, 2.45) is 5.90 Å². The Labute approximate surface area is 105 Å². The summed E-state index contributed by atoms with van der Waals surface area (Å²) in [5.41, 5.74) is 0.0189. The smallest absolute Gasteiger partial charge is 0.412 e. The first-order chi connectivity index (χ1) is 8.31. The van der Waals surface area contributed by atoms with E-state index in [9.17, 15) is 9.18 Å². The van der Waals surface area contributed by atoms with Crippen LogP contribution in [-0.2, 0) is 16.2 Å². The van der Waals surface area contributed by atoms with Crippen molar-refractivity contribution in [3.63, 3.8) is 0 Å². The number of carbonyl (C=O) groups excluding carboxylic acids is 1. The lowest BCUT2D eigenvalue weighted by atomic mass is 10.2. The molecule has 0 spiro atoms. The molecule has 0 radical (unpaired) electrons. The monoisotopic (exact) mass is 256 g/mol. The van der Waals surface area contributed by atoms with Crippen LogP contribution in [0.3, 0.4) is 0 Å². The van der Waals surface area contributed by atoms with Crippen LogP contribution in [0.2, 0.25) is 0 Å². The summed E-state index contributed by atoms with van der Waals surface area (Å²) in [6.45, 7) is 5.21. The van der Waals surface area contributed by atoms with Crippen LogP contribution in [0, 0.1) is 5.82 Å². The van der Waals surface area contributed by atoms with Gasteiger partial charge in [0.25, 0.3) is 0 Å². The molecule has 0 unspecified atom stereocenters. The van der Waals surface area contributed by atoms with Crippen LogP contribution in [0.1, 0.15) is 26.3 Å². The van der Waals surface area contributed by atoms with Crippen LogP contribution in [0.25, 0.3) is 0 Å². The van der Waals surface area contributed by atoms with Crippen molar-refractivity contribution in [2.45, 2.75) is 33.0 Å². The largest absolute Gasteiger partial charge is 0.444 e. The predicted octanol–water partition coefficient (Wildman–Crippen LogP) is 2.56. The molecule has 0 atom stereocenters. The molecule has 1 aromatic carbocycles. The molecule has 1 aromatic rings. The molecule has 5 nitrogen and oxygen atoms in total. The van der Waals surface area contributed by atoms with E-state index in [0.29, 0.717) is 11.3 Å². The number of ether oxygens (including phenoxy) is 1. The van der Waals surface area contributed by atoms with Gasteiger partial charge in [-0.15, -0.1) is 0 Å². The lowest BCUT2D eigenvalue weighted by Gasteiger charge is -2.19. The Morgan fingerprint density at radius 3 is 2.61 bits per heavy atom. The molecule has 3 N–H and O–H groups in total. The van der Waals surface area contributed by atoms with Crippen LogP contribution >= 0.6 is 0 Å². The number of anilines is 1. The van der Waals surface area contributed by atoms with Gasteiger partial charge in [0.1, 0.15) is 11.4 Å². The van der Waals surface area contributed by atoms with Gasteiger partial charge in [-0.25, -0.2) is 15.1 Å². The number of benzene rings is 1. The summed E-state index contributed by atoms with van der Waals surface area (Å²) >= 11 is 0. The number of rotatable bonds is 3. The zero-order chi connectivity index (χ0) is 13.8. The molecular formula is C12H17FN2O3. The van der Waals surface area contributed by atoms with Gasteiger partial charge in [0, 0.05) is 11.3 Å². The number of amides is 1. The van der Waals surface area contributed by atoms with Crippen molar-refractivity contribution in [1.29, 1.82) is 0 Å². The molecular weight excluding hydrogens is 239 g/mol. The average Bonchev–Trinajstić information content (AvgIpc) is 2.19. The van der Waals surface area contributed by atoms with Crippen LogP contribution in [0.5, 0.6) is 0 Å². The highest BCUT2D eigenvalue weighted by Crippen LogP contribution is 2.16. The Balaban J connectivity index is 2.69. The standard InChI is InChI=1S/C12H17FN2O3/c1-12(2,3)18-11(16)15-9-5-4-8(7-17-14)10(13)6-9/h4-6H,7,14H2,1-3H3,(H,15,16). The van der Waals surface area contributed by atoms with Crippen LogP contribution < -0.4 is 11.2 Å². The number of hydrogen-bond acceptors (Lipinski definition) is 4. The van der Waals surface area contributed by atoms with E-state index >= 15 is 0 Å². The van der Waals surface area contributed by atoms with Gasteiger partial charge in [0.05, 0.1) is 6.61 Å². The third-order valence-electron chi connectivity index (χ3n) is 1.94. The maximum atomic E-state index is 13.5. The quantitative estimate of drug-likeness (QED) is 0.815. The second kappa shape index (κ2) is 5.79. The summed E-state index contributed by atoms with van der Waals surface area (Å²) in [5, 5.41) is 2.44. The van der Waals surface area contributed by atoms with Crippen molar-refractivity contribution >= 4 is 11.8 Å². The molecule has 0 aliphatic rings. The molecule has 0 heterocycles. The van der Waals surface area contributed by atoms with Gasteiger partial charge in [-0.2, -0.15) is 0 Å². The van der Waals surface area contributed by atoms with E-state index in [0.717, 1.165) is 0 Å². The molecule has 6 heteroatoms. The fourth-order valence-electron chi connectivity index (χ4n) is 1.25. The summed E-state index contributed by atoms with van der Waals surface area (Å²) in [7, 11) is 0. The lowest BCUT2D eigenvalue weighted by molar-refractivity contribution is 0.0636. The molecule has 1 rings (SSSR count). The second-order valence-corrected chi connectivity index (χ2v) is 4.74. The van der Waals surface area contributed by atoms with Gasteiger partial charge in [-0.3, -0.25) is 10.2 Å². The fraction of sp³-hybridized carbons (Fsp3) is 0.417. The molecule has 1 amide bonds. The molecule has 0 fully saturated rings. The molecule has 0 aliphatic carbocycles. The minimum atomic E-state index is -0.635. The summed E-state index contributed by atoms with van der Waals surface area (Å²) in [6.07, 6.45) is -0.635. The van der Waals surface area contributed by atoms with Gasteiger partial charge in [-0.05, 0) is 32.9 Å². The highest BCUT2D eigenvalue weighted by Gasteiger charge is 2.16. The third kappa shape index (κ3) is 4.68. The second-order valence-electron chi connectivity index (χ2n) is 4.74.